The number of nitrogens with zero attached hydrogens (tertiary/aromatic N) is 3. The minimum absolute atomic E-state index is 0.216. The van der Waals surface area contributed by atoms with Gasteiger partial charge in [0.15, 0.2) is 5.13 Å². The molecule has 2 saturated heterocycles. The topological polar surface area (TPSA) is 107 Å². The molecule has 0 spiro atoms. The number of hydrogen-bond acceptors (Lipinski definition) is 8. The van der Waals surface area contributed by atoms with E-state index in [0.717, 1.165) is 93.4 Å². The van der Waals surface area contributed by atoms with Gasteiger partial charge in [-0.3, -0.25) is 14.5 Å². The Balaban J connectivity index is 1.08. The van der Waals surface area contributed by atoms with Crippen molar-refractivity contribution in [1.82, 2.24) is 20.5 Å². The molecule has 2 aliphatic heterocycles. The van der Waals surface area contributed by atoms with Crippen molar-refractivity contribution in [3.8, 4) is 11.3 Å². The molecular formula is C34H43N5O4S. The predicted molar refractivity (Wildman–Crippen MR) is 173 cm³/mol. The summed E-state index contributed by atoms with van der Waals surface area (Å²) < 4.78 is 5.52. The first-order valence-corrected chi connectivity index (χ1v) is 16.8. The highest BCUT2D eigenvalue weighted by molar-refractivity contribution is 7.14. The average molecular weight is 618 g/mol. The predicted octanol–water partition coefficient (Wildman–Crippen LogP) is 4.39. The second-order valence-electron chi connectivity index (χ2n) is 12.2. The third-order valence-electron chi connectivity index (χ3n) is 9.42. The number of piperidine rings is 1. The molecule has 1 aromatic heterocycles. The Morgan fingerprint density at radius 1 is 0.977 bits per heavy atom. The first kappa shape index (κ1) is 30.7. The lowest BCUT2D eigenvalue weighted by molar-refractivity contribution is -0.129. The summed E-state index contributed by atoms with van der Waals surface area (Å²) in [6.45, 7) is 5.55. The molecule has 1 aliphatic carbocycles. The molecule has 2 aromatic carbocycles. The van der Waals surface area contributed by atoms with Gasteiger partial charge in [0.05, 0.1) is 31.6 Å². The molecule has 2 amide bonds. The first-order chi connectivity index (χ1) is 21.5. The Bertz CT molecular complexity index is 1380. The van der Waals surface area contributed by atoms with E-state index in [1.807, 2.05) is 54.6 Å². The molecule has 3 aliphatic rings. The molecule has 0 radical (unpaired) electrons. The molecule has 0 unspecified atom stereocenters. The van der Waals surface area contributed by atoms with Crippen molar-refractivity contribution >= 4 is 28.3 Å². The van der Waals surface area contributed by atoms with Gasteiger partial charge in [-0.15, -0.1) is 11.3 Å². The largest absolute Gasteiger partial charge is 0.394 e. The molecule has 9 nitrogen and oxygen atoms in total. The number of aromatic nitrogens is 1. The van der Waals surface area contributed by atoms with E-state index in [1.54, 1.807) is 11.3 Å². The number of rotatable bonds is 9. The number of hydrogen-bond donors (Lipinski definition) is 3. The van der Waals surface area contributed by atoms with Crippen molar-refractivity contribution < 1.29 is 19.4 Å². The third-order valence-corrected chi connectivity index (χ3v) is 10.3. The molecular weight excluding hydrogens is 574 g/mol. The van der Waals surface area contributed by atoms with Crippen molar-refractivity contribution in [1.29, 1.82) is 0 Å². The fourth-order valence-corrected chi connectivity index (χ4v) is 7.66. The van der Waals surface area contributed by atoms with E-state index in [0.29, 0.717) is 24.4 Å². The Labute approximate surface area is 263 Å². The van der Waals surface area contributed by atoms with Crippen LogP contribution in [0.4, 0.5) is 5.13 Å². The van der Waals surface area contributed by atoms with Gasteiger partial charge < -0.3 is 25.4 Å². The fourth-order valence-electron chi connectivity index (χ4n) is 6.77. The van der Waals surface area contributed by atoms with Gasteiger partial charge in [0.1, 0.15) is 5.54 Å². The fraction of sp³-hybridized carbons (Fsp3) is 0.500. The zero-order chi connectivity index (χ0) is 30.4. The van der Waals surface area contributed by atoms with Crippen molar-refractivity contribution in [2.75, 3.05) is 50.9 Å². The SMILES string of the molecule is O=C(NC1(C(=O)N[C@H](CO)c2ccccc2)CCCCC1)c1ccc(-c2csc(N3CCC(N4CCOCC4)CC3)n2)cc1. The standard InChI is InChI=1S/C34H43N5O4S/c40-23-29(25-7-3-1-4-8-25)35-32(42)34(15-5-2-6-16-34)37-31(41)27-11-9-26(10-12-27)30-24-44-33(36-30)39-17-13-28(14-18-39)38-19-21-43-22-20-38/h1,3-4,7-12,24,28-29,40H,2,5-6,13-23H2,(H,35,42)(H,37,41)/t29-/m1/s1. The van der Waals surface area contributed by atoms with Gasteiger partial charge in [0.25, 0.3) is 5.91 Å². The van der Waals surface area contributed by atoms with E-state index < -0.39 is 11.6 Å². The van der Waals surface area contributed by atoms with Crippen LogP contribution in [0.2, 0.25) is 0 Å². The molecule has 3 aromatic rings. The first-order valence-electron chi connectivity index (χ1n) is 16.0. The number of carbonyl (C=O) groups is 2. The minimum atomic E-state index is -1.00. The third kappa shape index (κ3) is 6.99. The minimum Gasteiger partial charge on any atom is -0.394 e. The van der Waals surface area contributed by atoms with Crippen LogP contribution in [0.1, 0.15) is 66.9 Å². The van der Waals surface area contributed by atoms with Gasteiger partial charge in [0.2, 0.25) is 5.91 Å². The molecule has 3 heterocycles. The Kier molecular flexibility index (Phi) is 9.91. The molecule has 44 heavy (non-hydrogen) atoms. The maximum absolute atomic E-state index is 13.6. The summed E-state index contributed by atoms with van der Waals surface area (Å²) in [4.78, 5) is 37.0. The molecule has 1 atom stereocenters. The lowest BCUT2D eigenvalue weighted by Crippen LogP contribution is -2.60. The lowest BCUT2D eigenvalue weighted by Gasteiger charge is -2.40. The van der Waals surface area contributed by atoms with Gasteiger partial charge >= 0.3 is 0 Å². The van der Waals surface area contributed by atoms with Crippen LogP contribution < -0.4 is 15.5 Å². The zero-order valence-corrected chi connectivity index (χ0v) is 26.1. The van der Waals surface area contributed by atoms with Crippen LogP contribution in [-0.4, -0.2) is 84.4 Å². The maximum Gasteiger partial charge on any atom is 0.252 e. The van der Waals surface area contributed by atoms with Crippen LogP contribution in [-0.2, 0) is 9.53 Å². The van der Waals surface area contributed by atoms with Crippen LogP contribution in [0.3, 0.4) is 0 Å². The van der Waals surface area contributed by atoms with E-state index in [9.17, 15) is 14.7 Å². The monoisotopic (exact) mass is 617 g/mol. The number of anilines is 1. The quantitative estimate of drug-likeness (QED) is 0.327. The summed E-state index contributed by atoms with van der Waals surface area (Å²) in [6.07, 6.45) is 6.18. The van der Waals surface area contributed by atoms with E-state index in [-0.39, 0.29) is 18.4 Å². The van der Waals surface area contributed by atoms with Crippen LogP contribution >= 0.6 is 11.3 Å². The Hall–Kier alpha value is -3.31. The summed E-state index contributed by atoms with van der Waals surface area (Å²) >= 11 is 1.67. The van der Waals surface area contributed by atoms with Gasteiger partial charge in [-0.25, -0.2) is 4.98 Å². The zero-order valence-electron chi connectivity index (χ0n) is 25.2. The van der Waals surface area contributed by atoms with E-state index >= 15 is 0 Å². The number of benzene rings is 2. The Morgan fingerprint density at radius 2 is 1.68 bits per heavy atom. The molecule has 3 N–H and O–H groups in total. The number of ether oxygens (including phenoxy) is 1. The van der Waals surface area contributed by atoms with Crippen LogP contribution in [0, 0.1) is 0 Å². The van der Waals surface area contributed by atoms with Crippen molar-refractivity contribution in [2.45, 2.75) is 62.6 Å². The second-order valence-corrected chi connectivity index (χ2v) is 13.0. The number of morpholine rings is 1. The van der Waals surface area contributed by atoms with Gasteiger partial charge in [0, 0.05) is 48.7 Å². The maximum atomic E-state index is 13.6. The number of aliphatic hydroxyl groups is 1. The number of amides is 2. The number of carbonyl (C=O) groups excluding carboxylic acids is 2. The van der Waals surface area contributed by atoms with Gasteiger partial charge in [-0.1, -0.05) is 61.7 Å². The van der Waals surface area contributed by atoms with Crippen LogP contribution in [0.15, 0.2) is 60.0 Å². The summed E-state index contributed by atoms with van der Waals surface area (Å²) in [5.74, 6) is -0.509. The van der Waals surface area contributed by atoms with Crippen LogP contribution in [0.5, 0.6) is 0 Å². The highest BCUT2D eigenvalue weighted by atomic mass is 32.1. The van der Waals surface area contributed by atoms with Crippen molar-refractivity contribution in [3.63, 3.8) is 0 Å². The van der Waals surface area contributed by atoms with Crippen molar-refractivity contribution in [2.24, 2.45) is 0 Å². The molecule has 6 rings (SSSR count). The van der Waals surface area contributed by atoms with E-state index in [2.05, 4.69) is 25.8 Å². The number of nitrogens with one attached hydrogen (secondary N) is 2. The van der Waals surface area contributed by atoms with Crippen molar-refractivity contribution in [3.05, 3.63) is 71.1 Å². The van der Waals surface area contributed by atoms with Gasteiger partial charge in [-0.2, -0.15) is 0 Å². The number of aliphatic hydroxyl groups excluding tert-OH is 1. The highest BCUT2D eigenvalue weighted by Crippen LogP contribution is 2.32. The molecule has 0 bridgehead atoms. The van der Waals surface area contributed by atoms with E-state index in [4.69, 9.17) is 9.72 Å². The summed E-state index contributed by atoms with van der Waals surface area (Å²) in [6, 6.07) is 17.0. The van der Waals surface area contributed by atoms with E-state index in [1.165, 1.54) is 0 Å². The van der Waals surface area contributed by atoms with Gasteiger partial charge in [-0.05, 0) is 43.4 Å². The van der Waals surface area contributed by atoms with Crippen LogP contribution in [0.25, 0.3) is 11.3 Å². The lowest BCUT2D eigenvalue weighted by atomic mass is 9.80. The summed E-state index contributed by atoms with van der Waals surface area (Å²) in [7, 11) is 0. The molecule has 10 heteroatoms. The smallest absolute Gasteiger partial charge is 0.252 e. The average Bonchev–Trinajstić information content (AvgIpc) is 3.59. The molecule has 1 saturated carbocycles. The molecule has 3 fully saturated rings. The summed E-state index contributed by atoms with van der Waals surface area (Å²) in [5, 5.41) is 19.3. The second kappa shape index (κ2) is 14.2. The number of thiazole rings is 1. The highest BCUT2D eigenvalue weighted by Gasteiger charge is 2.42. The summed E-state index contributed by atoms with van der Waals surface area (Å²) in [5.41, 5.74) is 2.21. The normalized spacial score (nSPS) is 20.2. The molecule has 234 valence electrons. The Morgan fingerprint density at radius 3 is 2.36 bits per heavy atom.